The summed E-state index contributed by atoms with van der Waals surface area (Å²) < 4.78 is 1.08. The second-order valence-electron chi connectivity index (χ2n) is 5.50. The zero-order valence-electron chi connectivity index (χ0n) is 10.7. The molecule has 1 N–H and O–H groups in total. The van der Waals surface area contributed by atoms with Gasteiger partial charge in [-0.25, -0.2) is 0 Å². The van der Waals surface area contributed by atoms with Crippen molar-refractivity contribution in [3.05, 3.63) is 20.8 Å². The number of hydrogen-bond donors (Lipinski definition) is 1. The first-order valence-electron chi connectivity index (χ1n) is 6.46. The third-order valence-corrected chi connectivity index (χ3v) is 6.14. The third kappa shape index (κ3) is 2.80. The smallest absolute Gasteiger partial charge is 0.307 e. The van der Waals surface area contributed by atoms with Crippen LogP contribution in [-0.4, -0.2) is 11.1 Å². The van der Waals surface area contributed by atoms with Gasteiger partial charge in [0.1, 0.15) is 0 Å². The summed E-state index contributed by atoms with van der Waals surface area (Å²) in [6.07, 6.45) is 2.87. The molecule has 1 fully saturated rings. The molecular formula is C14H19BrO2S. The van der Waals surface area contributed by atoms with Crippen molar-refractivity contribution in [3.8, 4) is 0 Å². The molecule has 0 radical (unpaired) electrons. The van der Waals surface area contributed by atoms with Crippen LogP contribution in [0.5, 0.6) is 0 Å². The van der Waals surface area contributed by atoms with E-state index < -0.39 is 5.97 Å². The molecule has 3 unspecified atom stereocenters. The topological polar surface area (TPSA) is 37.3 Å². The van der Waals surface area contributed by atoms with E-state index in [1.807, 2.05) is 11.4 Å². The molecule has 1 heterocycles. The summed E-state index contributed by atoms with van der Waals surface area (Å²) in [6.45, 7) is 4.48. The minimum absolute atomic E-state index is 0.179. The predicted octanol–water partition coefficient (Wildman–Crippen LogP) is 4.75. The Morgan fingerprint density at radius 1 is 1.50 bits per heavy atom. The summed E-state index contributed by atoms with van der Waals surface area (Å²) in [5.41, 5.74) is 0. The van der Waals surface area contributed by atoms with E-state index in [1.54, 1.807) is 11.3 Å². The van der Waals surface area contributed by atoms with Crippen LogP contribution in [-0.2, 0) is 4.79 Å². The van der Waals surface area contributed by atoms with Gasteiger partial charge in [0.2, 0.25) is 0 Å². The number of carbonyl (C=O) groups is 1. The van der Waals surface area contributed by atoms with E-state index in [2.05, 4.69) is 29.8 Å². The fourth-order valence-corrected chi connectivity index (χ4v) is 4.81. The Bertz CT molecular complexity index is 427. The first-order valence-corrected chi connectivity index (χ1v) is 8.13. The van der Waals surface area contributed by atoms with E-state index in [4.69, 9.17) is 0 Å². The largest absolute Gasteiger partial charge is 0.481 e. The van der Waals surface area contributed by atoms with Crippen LogP contribution in [0.15, 0.2) is 15.9 Å². The molecular weight excluding hydrogens is 312 g/mol. The van der Waals surface area contributed by atoms with Gasteiger partial charge in [0.15, 0.2) is 0 Å². The number of thiophene rings is 1. The SMILES string of the molecule is CC(C)C1CCC(C(=O)O)C(c2sccc2Br)C1. The molecule has 1 aromatic heterocycles. The van der Waals surface area contributed by atoms with E-state index in [-0.39, 0.29) is 11.8 Å². The molecule has 2 rings (SSSR count). The Morgan fingerprint density at radius 2 is 2.22 bits per heavy atom. The van der Waals surface area contributed by atoms with Crippen molar-refractivity contribution in [3.63, 3.8) is 0 Å². The van der Waals surface area contributed by atoms with Gasteiger partial charge in [-0.15, -0.1) is 11.3 Å². The number of aliphatic carboxylic acids is 1. The highest BCUT2D eigenvalue weighted by molar-refractivity contribution is 9.10. The number of halogens is 1. The second-order valence-corrected chi connectivity index (χ2v) is 7.30. The monoisotopic (exact) mass is 330 g/mol. The van der Waals surface area contributed by atoms with Crippen LogP contribution >= 0.6 is 27.3 Å². The molecule has 100 valence electrons. The standard InChI is InChI=1S/C14H19BrO2S/c1-8(2)9-3-4-10(14(16)17)11(7-9)13-12(15)5-6-18-13/h5-6,8-11H,3-4,7H2,1-2H3,(H,16,17). The van der Waals surface area contributed by atoms with Gasteiger partial charge in [0.05, 0.1) is 5.92 Å². The summed E-state index contributed by atoms with van der Waals surface area (Å²) >= 11 is 5.23. The first kappa shape index (κ1) is 14.1. The van der Waals surface area contributed by atoms with Crippen molar-refractivity contribution in [2.75, 3.05) is 0 Å². The van der Waals surface area contributed by atoms with E-state index in [1.165, 1.54) is 4.88 Å². The highest BCUT2D eigenvalue weighted by Gasteiger charge is 2.38. The predicted molar refractivity (Wildman–Crippen MR) is 78.1 cm³/mol. The molecule has 0 amide bonds. The normalized spacial score (nSPS) is 28.6. The maximum absolute atomic E-state index is 11.4. The van der Waals surface area contributed by atoms with Gasteiger partial charge in [-0.1, -0.05) is 13.8 Å². The minimum Gasteiger partial charge on any atom is -0.481 e. The summed E-state index contributed by atoms with van der Waals surface area (Å²) in [4.78, 5) is 12.7. The molecule has 0 aliphatic heterocycles. The molecule has 0 bridgehead atoms. The number of rotatable bonds is 3. The molecule has 1 aliphatic rings. The number of carboxylic acid groups (broad SMARTS) is 1. The van der Waals surface area contributed by atoms with Gasteiger partial charge in [0, 0.05) is 15.3 Å². The van der Waals surface area contributed by atoms with Crippen LogP contribution < -0.4 is 0 Å². The van der Waals surface area contributed by atoms with Crippen molar-refractivity contribution in [2.24, 2.45) is 17.8 Å². The van der Waals surface area contributed by atoms with Crippen LogP contribution in [0, 0.1) is 17.8 Å². The molecule has 1 aromatic rings. The quantitative estimate of drug-likeness (QED) is 0.868. The highest BCUT2D eigenvalue weighted by atomic mass is 79.9. The van der Waals surface area contributed by atoms with Crippen molar-refractivity contribution in [1.29, 1.82) is 0 Å². The molecule has 18 heavy (non-hydrogen) atoms. The Balaban J connectivity index is 2.25. The Morgan fingerprint density at radius 3 is 2.72 bits per heavy atom. The van der Waals surface area contributed by atoms with Gasteiger partial charge < -0.3 is 5.11 Å². The molecule has 0 saturated heterocycles. The Kier molecular flexibility index (Phi) is 4.49. The highest BCUT2D eigenvalue weighted by Crippen LogP contribution is 2.46. The van der Waals surface area contributed by atoms with E-state index in [9.17, 15) is 9.90 Å². The lowest BCUT2D eigenvalue weighted by Crippen LogP contribution is -2.30. The summed E-state index contributed by atoms with van der Waals surface area (Å²) in [5, 5.41) is 11.5. The Labute approximate surface area is 121 Å². The fourth-order valence-electron chi connectivity index (χ4n) is 2.96. The van der Waals surface area contributed by atoms with Crippen LogP contribution in [0.4, 0.5) is 0 Å². The van der Waals surface area contributed by atoms with Crippen molar-refractivity contribution in [1.82, 2.24) is 0 Å². The summed E-state index contributed by atoms with van der Waals surface area (Å²) in [7, 11) is 0. The van der Waals surface area contributed by atoms with Gasteiger partial charge in [0.25, 0.3) is 0 Å². The molecule has 0 aromatic carbocycles. The molecule has 0 spiro atoms. The average molecular weight is 331 g/mol. The van der Waals surface area contributed by atoms with Crippen LogP contribution in [0.25, 0.3) is 0 Å². The number of hydrogen-bond acceptors (Lipinski definition) is 2. The van der Waals surface area contributed by atoms with Gasteiger partial charge in [-0.05, 0) is 58.5 Å². The fraction of sp³-hybridized carbons (Fsp3) is 0.643. The maximum atomic E-state index is 11.4. The lowest BCUT2D eigenvalue weighted by atomic mass is 9.70. The second kappa shape index (κ2) is 5.74. The minimum atomic E-state index is -0.637. The molecule has 1 aliphatic carbocycles. The average Bonchev–Trinajstić information content (AvgIpc) is 2.74. The lowest BCUT2D eigenvalue weighted by molar-refractivity contribution is -0.144. The van der Waals surface area contributed by atoms with E-state index >= 15 is 0 Å². The zero-order valence-corrected chi connectivity index (χ0v) is 13.1. The molecule has 3 atom stereocenters. The molecule has 2 nitrogen and oxygen atoms in total. The summed E-state index contributed by atoms with van der Waals surface area (Å²) in [5.74, 6) is 0.621. The molecule has 4 heteroatoms. The van der Waals surface area contributed by atoms with Crippen LogP contribution in [0.3, 0.4) is 0 Å². The Hall–Kier alpha value is -0.350. The third-order valence-electron chi connectivity index (χ3n) is 4.13. The van der Waals surface area contributed by atoms with Crippen LogP contribution in [0.2, 0.25) is 0 Å². The van der Waals surface area contributed by atoms with Gasteiger partial charge >= 0.3 is 5.97 Å². The van der Waals surface area contributed by atoms with E-state index in [0.717, 1.165) is 23.7 Å². The van der Waals surface area contributed by atoms with Crippen molar-refractivity contribution in [2.45, 2.75) is 39.0 Å². The van der Waals surface area contributed by atoms with E-state index in [0.29, 0.717) is 11.8 Å². The van der Waals surface area contributed by atoms with Gasteiger partial charge in [-0.3, -0.25) is 4.79 Å². The van der Waals surface area contributed by atoms with Crippen LogP contribution in [0.1, 0.15) is 43.9 Å². The van der Waals surface area contributed by atoms with Gasteiger partial charge in [-0.2, -0.15) is 0 Å². The van der Waals surface area contributed by atoms with Crippen molar-refractivity contribution >= 4 is 33.2 Å². The first-order chi connectivity index (χ1) is 8.50. The maximum Gasteiger partial charge on any atom is 0.307 e. The lowest BCUT2D eigenvalue weighted by Gasteiger charge is -2.35. The number of carboxylic acids is 1. The molecule has 1 saturated carbocycles. The zero-order chi connectivity index (χ0) is 13.3. The van der Waals surface area contributed by atoms with Crippen molar-refractivity contribution < 1.29 is 9.90 Å². The summed E-state index contributed by atoms with van der Waals surface area (Å²) in [6, 6.07) is 2.03.